The van der Waals surface area contributed by atoms with Crippen molar-refractivity contribution < 1.29 is 19.5 Å². The number of likely N-dealkylation sites (tertiary alicyclic amines) is 2. The van der Waals surface area contributed by atoms with E-state index < -0.39 is 12.0 Å². The second kappa shape index (κ2) is 7.79. The van der Waals surface area contributed by atoms with Crippen LogP contribution in [0.25, 0.3) is 0 Å². The number of carboxylic acid groups (broad SMARTS) is 1. The molecule has 3 atom stereocenters. The summed E-state index contributed by atoms with van der Waals surface area (Å²) in [5, 5.41) is 9.43. The fourth-order valence-electron chi connectivity index (χ4n) is 3.65. The Kier molecular flexibility index (Phi) is 6.02. The lowest BCUT2D eigenvalue weighted by Crippen LogP contribution is -2.54. The van der Waals surface area contributed by atoms with Crippen molar-refractivity contribution >= 4 is 17.8 Å². The van der Waals surface area contributed by atoms with E-state index in [4.69, 9.17) is 0 Å². The van der Waals surface area contributed by atoms with Crippen molar-refractivity contribution in [1.82, 2.24) is 9.80 Å². The molecule has 2 rings (SSSR count). The summed E-state index contributed by atoms with van der Waals surface area (Å²) < 4.78 is 0. The number of nitrogens with zero attached hydrogens (tertiary/aromatic N) is 2. The van der Waals surface area contributed by atoms with Crippen LogP contribution in [-0.2, 0) is 14.4 Å². The van der Waals surface area contributed by atoms with Gasteiger partial charge in [-0.2, -0.15) is 0 Å². The monoisotopic (exact) mass is 324 g/mol. The van der Waals surface area contributed by atoms with Crippen molar-refractivity contribution in [2.75, 3.05) is 19.6 Å². The molecule has 6 nitrogen and oxygen atoms in total. The first-order valence-electron chi connectivity index (χ1n) is 8.75. The number of carbonyl (C=O) groups excluding carboxylic acids is 2. The maximum absolute atomic E-state index is 12.8. The molecule has 0 spiro atoms. The second-order valence-electron chi connectivity index (χ2n) is 6.94. The Balaban J connectivity index is 2.03. The lowest BCUT2D eigenvalue weighted by molar-refractivity contribution is -0.156. The van der Waals surface area contributed by atoms with E-state index in [0.29, 0.717) is 38.4 Å². The number of hydrogen-bond donors (Lipinski definition) is 1. The highest BCUT2D eigenvalue weighted by molar-refractivity contribution is 5.86. The first-order valence-corrected chi connectivity index (χ1v) is 8.75. The Morgan fingerprint density at radius 3 is 2.57 bits per heavy atom. The maximum Gasteiger partial charge on any atom is 0.326 e. The van der Waals surface area contributed by atoms with Gasteiger partial charge in [-0.3, -0.25) is 9.59 Å². The second-order valence-corrected chi connectivity index (χ2v) is 6.94. The number of carbonyl (C=O) groups is 3. The number of amides is 2. The minimum atomic E-state index is -0.917. The molecule has 130 valence electrons. The van der Waals surface area contributed by atoms with Gasteiger partial charge in [0.15, 0.2) is 0 Å². The van der Waals surface area contributed by atoms with Gasteiger partial charge in [-0.15, -0.1) is 0 Å². The summed E-state index contributed by atoms with van der Waals surface area (Å²) in [5.74, 6) is -0.820. The Morgan fingerprint density at radius 1 is 1.17 bits per heavy atom. The molecule has 3 unspecified atom stereocenters. The van der Waals surface area contributed by atoms with Crippen molar-refractivity contribution in [2.45, 2.75) is 58.4 Å². The number of rotatable bonds is 4. The van der Waals surface area contributed by atoms with Gasteiger partial charge in [-0.05, 0) is 38.0 Å². The summed E-state index contributed by atoms with van der Waals surface area (Å²) in [6.45, 7) is 5.66. The minimum Gasteiger partial charge on any atom is -0.480 e. The summed E-state index contributed by atoms with van der Waals surface area (Å²) in [6.07, 6.45) is 4.24. The van der Waals surface area contributed by atoms with Crippen molar-refractivity contribution in [3.05, 3.63) is 0 Å². The molecule has 23 heavy (non-hydrogen) atoms. The Labute approximate surface area is 137 Å². The normalized spacial score (nSPS) is 28.5. The van der Waals surface area contributed by atoms with Crippen molar-refractivity contribution in [3.8, 4) is 0 Å². The molecule has 2 aliphatic rings. The smallest absolute Gasteiger partial charge is 0.326 e. The number of carboxylic acids is 1. The number of piperidine rings is 2. The topological polar surface area (TPSA) is 77.9 Å². The van der Waals surface area contributed by atoms with Gasteiger partial charge in [0.05, 0.1) is 5.92 Å². The van der Waals surface area contributed by atoms with Gasteiger partial charge in [0.1, 0.15) is 6.04 Å². The highest BCUT2D eigenvalue weighted by Gasteiger charge is 2.39. The van der Waals surface area contributed by atoms with E-state index in [-0.39, 0.29) is 17.7 Å². The van der Waals surface area contributed by atoms with Crippen molar-refractivity contribution in [3.63, 3.8) is 0 Å². The molecule has 2 aliphatic heterocycles. The van der Waals surface area contributed by atoms with Gasteiger partial charge in [0.2, 0.25) is 11.8 Å². The van der Waals surface area contributed by atoms with Crippen LogP contribution >= 0.6 is 0 Å². The zero-order chi connectivity index (χ0) is 17.0. The van der Waals surface area contributed by atoms with Gasteiger partial charge < -0.3 is 14.9 Å². The highest BCUT2D eigenvalue weighted by atomic mass is 16.4. The lowest BCUT2D eigenvalue weighted by Gasteiger charge is -2.40. The van der Waals surface area contributed by atoms with Crippen LogP contribution in [-0.4, -0.2) is 58.4 Å². The van der Waals surface area contributed by atoms with Crippen LogP contribution in [0.2, 0.25) is 0 Å². The first-order chi connectivity index (χ1) is 10.9. The van der Waals surface area contributed by atoms with Gasteiger partial charge in [0, 0.05) is 26.1 Å². The predicted octanol–water partition coefficient (Wildman–Crippen LogP) is 1.74. The molecule has 0 aliphatic carbocycles. The third kappa shape index (κ3) is 4.24. The lowest BCUT2D eigenvalue weighted by atomic mass is 9.89. The Bertz CT molecular complexity index is 466. The summed E-state index contributed by atoms with van der Waals surface area (Å²) >= 11 is 0. The average Bonchev–Trinajstić information content (AvgIpc) is 2.54. The van der Waals surface area contributed by atoms with E-state index in [1.165, 1.54) is 0 Å². The van der Waals surface area contributed by atoms with Crippen LogP contribution in [0.5, 0.6) is 0 Å². The molecule has 0 bridgehead atoms. The molecule has 6 heteroatoms. The van der Waals surface area contributed by atoms with Crippen LogP contribution in [0.3, 0.4) is 0 Å². The highest BCUT2D eigenvalue weighted by Crippen LogP contribution is 2.27. The van der Waals surface area contributed by atoms with Crippen LogP contribution in [0.1, 0.15) is 52.4 Å². The van der Waals surface area contributed by atoms with E-state index in [9.17, 15) is 19.5 Å². The molecule has 0 saturated carbocycles. The van der Waals surface area contributed by atoms with Crippen molar-refractivity contribution in [2.24, 2.45) is 11.8 Å². The molecule has 2 saturated heterocycles. The Hall–Kier alpha value is -1.59. The first kappa shape index (κ1) is 17.8. The molecular weight excluding hydrogens is 296 g/mol. The summed E-state index contributed by atoms with van der Waals surface area (Å²) in [5.41, 5.74) is 0. The largest absolute Gasteiger partial charge is 0.480 e. The fraction of sp³-hybridized carbons (Fsp3) is 0.824. The molecule has 2 amide bonds. The van der Waals surface area contributed by atoms with Crippen LogP contribution in [0.4, 0.5) is 0 Å². The molecule has 0 aromatic rings. The quantitative estimate of drug-likeness (QED) is 0.854. The average molecular weight is 324 g/mol. The molecule has 2 heterocycles. The predicted molar refractivity (Wildman–Crippen MR) is 85.7 cm³/mol. The number of aliphatic carboxylic acids is 1. The Morgan fingerprint density at radius 2 is 1.91 bits per heavy atom. The van der Waals surface area contributed by atoms with E-state index in [1.807, 2.05) is 13.8 Å². The molecule has 0 aromatic heterocycles. The molecule has 1 N–H and O–H groups in total. The van der Waals surface area contributed by atoms with E-state index >= 15 is 0 Å². The van der Waals surface area contributed by atoms with Gasteiger partial charge in [-0.25, -0.2) is 4.79 Å². The van der Waals surface area contributed by atoms with Gasteiger partial charge >= 0.3 is 5.97 Å². The van der Waals surface area contributed by atoms with E-state index in [1.54, 1.807) is 9.80 Å². The molecule has 0 radical (unpaired) electrons. The van der Waals surface area contributed by atoms with Crippen LogP contribution in [0.15, 0.2) is 0 Å². The molecule has 0 aromatic carbocycles. The summed E-state index contributed by atoms with van der Waals surface area (Å²) in [4.78, 5) is 39.7. The fourth-order valence-corrected chi connectivity index (χ4v) is 3.65. The number of hydrogen-bond acceptors (Lipinski definition) is 3. The zero-order valence-electron chi connectivity index (χ0n) is 14.2. The minimum absolute atomic E-state index is 0.0849. The molecular formula is C17H28N2O4. The third-order valence-electron chi connectivity index (χ3n) is 5.02. The van der Waals surface area contributed by atoms with E-state index in [0.717, 1.165) is 25.7 Å². The SMILES string of the molecule is CCCC(=O)N1CCCC(C(=O)N2CCC(C)CC2C(=O)O)C1. The zero-order valence-corrected chi connectivity index (χ0v) is 14.2. The van der Waals surface area contributed by atoms with Gasteiger partial charge in [-0.1, -0.05) is 13.8 Å². The van der Waals surface area contributed by atoms with Crippen molar-refractivity contribution in [1.29, 1.82) is 0 Å². The van der Waals surface area contributed by atoms with Crippen LogP contribution in [0, 0.1) is 11.8 Å². The molecule has 2 fully saturated rings. The summed E-state index contributed by atoms with van der Waals surface area (Å²) in [7, 11) is 0. The van der Waals surface area contributed by atoms with E-state index in [2.05, 4.69) is 0 Å². The summed E-state index contributed by atoms with van der Waals surface area (Å²) in [6, 6.07) is -0.715. The third-order valence-corrected chi connectivity index (χ3v) is 5.02. The van der Waals surface area contributed by atoms with Gasteiger partial charge in [0.25, 0.3) is 0 Å². The maximum atomic E-state index is 12.8. The standard InChI is InChI=1S/C17H28N2O4/c1-3-5-15(20)18-8-4-6-13(11-18)16(21)19-9-7-12(2)10-14(19)17(22)23/h12-14H,3-11H2,1-2H3,(H,22,23). The van der Waals surface area contributed by atoms with Crippen LogP contribution < -0.4 is 0 Å².